The van der Waals surface area contributed by atoms with Gasteiger partial charge in [-0.1, -0.05) is 30.3 Å². The molecule has 0 unspecified atom stereocenters. The van der Waals surface area contributed by atoms with Gasteiger partial charge in [-0.05, 0) is 12.1 Å². The third-order valence-electron chi connectivity index (χ3n) is 2.42. The van der Waals surface area contributed by atoms with E-state index in [-0.39, 0.29) is 17.1 Å². The standard InChI is InChI=1S/C14H11O3/c1-17-11-7-8-12(13(15)9-11)14(16)10-5-3-2-4-6-10/h2-9,15H,1H2. The van der Waals surface area contributed by atoms with Crippen LogP contribution in [0.15, 0.2) is 48.5 Å². The molecule has 0 fully saturated rings. The Morgan fingerprint density at radius 1 is 1.12 bits per heavy atom. The number of ether oxygens (including phenoxy) is 1. The zero-order valence-corrected chi connectivity index (χ0v) is 9.09. The van der Waals surface area contributed by atoms with Gasteiger partial charge in [0.25, 0.3) is 0 Å². The third-order valence-corrected chi connectivity index (χ3v) is 2.42. The van der Waals surface area contributed by atoms with Crippen molar-refractivity contribution >= 4 is 5.78 Å². The van der Waals surface area contributed by atoms with Gasteiger partial charge in [0.15, 0.2) is 5.78 Å². The molecule has 0 aliphatic rings. The second-order valence-electron chi connectivity index (χ2n) is 3.52. The van der Waals surface area contributed by atoms with E-state index in [9.17, 15) is 9.90 Å². The first-order valence-corrected chi connectivity index (χ1v) is 5.07. The molecule has 2 aromatic rings. The highest BCUT2D eigenvalue weighted by molar-refractivity contribution is 6.10. The van der Waals surface area contributed by atoms with Crippen LogP contribution < -0.4 is 4.74 Å². The second-order valence-corrected chi connectivity index (χ2v) is 3.52. The number of phenolic OH excluding ortho intramolecular Hbond substituents is 1. The van der Waals surface area contributed by atoms with E-state index in [2.05, 4.69) is 7.11 Å². The van der Waals surface area contributed by atoms with E-state index in [1.165, 1.54) is 12.1 Å². The van der Waals surface area contributed by atoms with Gasteiger partial charge >= 0.3 is 0 Å². The predicted molar refractivity (Wildman–Crippen MR) is 64.0 cm³/mol. The molecule has 2 rings (SSSR count). The van der Waals surface area contributed by atoms with Gasteiger partial charge in [-0.25, -0.2) is 0 Å². The van der Waals surface area contributed by atoms with Crippen molar-refractivity contribution in [3.05, 3.63) is 66.8 Å². The largest absolute Gasteiger partial charge is 0.507 e. The highest BCUT2D eigenvalue weighted by Gasteiger charge is 2.13. The number of aromatic hydroxyl groups is 1. The fourth-order valence-corrected chi connectivity index (χ4v) is 1.54. The van der Waals surface area contributed by atoms with E-state index in [0.29, 0.717) is 11.3 Å². The van der Waals surface area contributed by atoms with Gasteiger partial charge in [0.1, 0.15) is 18.6 Å². The summed E-state index contributed by atoms with van der Waals surface area (Å²) >= 11 is 0. The number of hydrogen-bond acceptors (Lipinski definition) is 3. The molecule has 0 aliphatic heterocycles. The summed E-state index contributed by atoms with van der Waals surface area (Å²) in [6.07, 6.45) is 0. The predicted octanol–water partition coefficient (Wildman–Crippen LogP) is 2.79. The zero-order chi connectivity index (χ0) is 12.3. The van der Waals surface area contributed by atoms with Gasteiger partial charge in [-0.2, -0.15) is 0 Å². The van der Waals surface area contributed by atoms with Crippen molar-refractivity contribution in [3.63, 3.8) is 0 Å². The Balaban J connectivity index is 2.38. The minimum Gasteiger partial charge on any atom is -0.507 e. The Labute approximate surface area is 99.3 Å². The highest BCUT2D eigenvalue weighted by atomic mass is 16.5. The van der Waals surface area contributed by atoms with Crippen molar-refractivity contribution in [1.82, 2.24) is 0 Å². The van der Waals surface area contributed by atoms with Crippen molar-refractivity contribution in [2.45, 2.75) is 0 Å². The van der Waals surface area contributed by atoms with Crippen LogP contribution in [-0.4, -0.2) is 10.9 Å². The van der Waals surface area contributed by atoms with Crippen LogP contribution in [0, 0.1) is 7.11 Å². The molecule has 3 heteroatoms. The van der Waals surface area contributed by atoms with Gasteiger partial charge in [-0.15, -0.1) is 0 Å². The summed E-state index contributed by atoms with van der Waals surface area (Å²) in [6.45, 7) is 0. The molecular formula is C14H11O3. The van der Waals surface area contributed by atoms with Gasteiger partial charge in [0.2, 0.25) is 0 Å². The summed E-state index contributed by atoms with van der Waals surface area (Å²) in [5.41, 5.74) is 0.781. The number of rotatable bonds is 3. The molecule has 0 bridgehead atoms. The fraction of sp³-hybridized carbons (Fsp3) is 0. The van der Waals surface area contributed by atoms with E-state index < -0.39 is 0 Å². The Bertz CT molecular complexity index is 532. The van der Waals surface area contributed by atoms with Gasteiger partial charge < -0.3 is 9.84 Å². The molecule has 1 radical (unpaired) electrons. The molecule has 0 saturated carbocycles. The summed E-state index contributed by atoms with van der Waals surface area (Å²) in [6, 6.07) is 13.3. The number of ketones is 1. The molecule has 2 aromatic carbocycles. The first-order chi connectivity index (χ1) is 8.22. The van der Waals surface area contributed by atoms with E-state index in [1.807, 2.05) is 6.07 Å². The molecule has 85 valence electrons. The lowest BCUT2D eigenvalue weighted by Gasteiger charge is -2.05. The van der Waals surface area contributed by atoms with Crippen molar-refractivity contribution in [2.24, 2.45) is 0 Å². The van der Waals surface area contributed by atoms with Crippen LogP contribution >= 0.6 is 0 Å². The summed E-state index contributed by atoms with van der Waals surface area (Å²) in [5, 5.41) is 9.73. The number of carbonyl (C=O) groups is 1. The Hall–Kier alpha value is -2.29. The zero-order valence-electron chi connectivity index (χ0n) is 9.09. The Morgan fingerprint density at radius 3 is 2.41 bits per heavy atom. The number of benzene rings is 2. The van der Waals surface area contributed by atoms with Crippen LogP contribution in [0.1, 0.15) is 15.9 Å². The SMILES string of the molecule is [CH2]Oc1ccc(C(=O)c2ccccc2)c(O)c1. The topological polar surface area (TPSA) is 46.5 Å². The molecule has 0 heterocycles. The molecule has 0 spiro atoms. The van der Waals surface area contributed by atoms with E-state index in [0.717, 1.165) is 0 Å². The second kappa shape index (κ2) is 4.70. The molecule has 17 heavy (non-hydrogen) atoms. The average Bonchev–Trinajstić information content (AvgIpc) is 2.39. The van der Waals surface area contributed by atoms with E-state index >= 15 is 0 Å². The summed E-state index contributed by atoms with van der Waals surface area (Å²) in [5.74, 6) is 0.0748. The maximum Gasteiger partial charge on any atom is 0.196 e. The lowest BCUT2D eigenvalue weighted by Crippen LogP contribution is -2.01. The van der Waals surface area contributed by atoms with Crippen LogP contribution in [0.25, 0.3) is 0 Å². The molecule has 0 saturated heterocycles. The number of phenols is 1. The van der Waals surface area contributed by atoms with E-state index in [4.69, 9.17) is 4.74 Å². The molecule has 0 aromatic heterocycles. The minimum atomic E-state index is -0.223. The molecule has 1 N–H and O–H groups in total. The van der Waals surface area contributed by atoms with Gasteiger partial charge in [-0.3, -0.25) is 4.79 Å². The van der Waals surface area contributed by atoms with Crippen molar-refractivity contribution in [3.8, 4) is 11.5 Å². The lowest BCUT2D eigenvalue weighted by molar-refractivity contribution is 0.103. The first kappa shape index (κ1) is 11.2. The summed E-state index contributed by atoms with van der Waals surface area (Å²) in [7, 11) is 3.23. The first-order valence-electron chi connectivity index (χ1n) is 5.07. The van der Waals surface area contributed by atoms with Crippen LogP contribution in [0.5, 0.6) is 11.5 Å². The molecular weight excluding hydrogens is 216 g/mol. The maximum absolute atomic E-state index is 12.1. The van der Waals surface area contributed by atoms with Crippen molar-refractivity contribution in [2.75, 3.05) is 0 Å². The Kier molecular flexibility index (Phi) is 3.10. The number of carbonyl (C=O) groups excluding carboxylic acids is 1. The monoisotopic (exact) mass is 227 g/mol. The van der Waals surface area contributed by atoms with Crippen LogP contribution in [0.2, 0.25) is 0 Å². The normalized spacial score (nSPS) is 9.94. The minimum absolute atomic E-state index is 0.111. The highest BCUT2D eigenvalue weighted by Crippen LogP contribution is 2.25. The number of hydrogen-bond donors (Lipinski definition) is 1. The van der Waals surface area contributed by atoms with Crippen LogP contribution in [0.4, 0.5) is 0 Å². The van der Waals surface area contributed by atoms with Crippen molar-refractivity contribution < 1.29 is 14.6 Å². The molecule has 0 amide bonds. The maximum atomic E-state index is 12.1. The lowest BCUT2D eigenvalue weighted by atomic mass is 10.0. The summed E-state index contributed by atoms with van der Waals surface area (Å²) < 4.78 is 4.71. The average molecular weight is 227 g/mol. The van der Waals surface area contributed by atoms with Crippen LogP contribution in [0.3, 0.4) is 0 Å². The van der Waals surface area contributed by atoms with Gasteiger partial charge in [0, 0.05) is 11.6 Å². The molecule has 3 nitrogen and oxygen atoms in total. The Morgan fingerprint density at radius 2 is 1.82 bits per heavy atom. The third kappa shape index (κ3) is 2.28. The van der Waals surface area contributed by atoms with Gasteiger partial charge in [0.05, 0.1) is 5.56 Å². The quantitative estimate of drug-likeness (QED) is 0.820. The van der Waals surface area contributed by atoms with Crippen LogP contribution in [-0.2, 0) is 0 Å². The molecule has 0 aliphatic carbocycles. The van der Waals surface area contributed by atoms with E-state index in [1.54, 1.807) is 30.3 Å². The van der Waals surface area contributed by atoms with Crippen molar-refractivity contribution in [1.29, 1.82) is 0 Å². The fourth-order valence-electron chi connectivity index (χ4n) is 1.54. The molecule has 0 atom stereocenters. The summed E-state index contributed by atoms with van der Waals surface area (Å²) in [4.78, 5) is 12.1. The smallest absolute Gasteiger partial charge is 0.196 e.